The summed E-state index contributed by atoms with van der Waals surface area (Å²) in [5, 5.41) is 3.33. The highest BCUT2D eigenvalue weighted by atomic mass is 35.5. The topological polar surface area (TPSA) is 47.6 Å². The normalized spacial score (nSPS) is 13.3. The number of nitrogens with one attached hydrogen (secondary N) is 1. The molecule has 0 unspecified atom stereocenters. The quantitative estimate of drug-likeness (QED) is 0.839. The molecule has 0 spiro atoms. The van der Waals surface area contributed by atoms with Gasteiger partial charge in [0.1, 0.15) is 0 Å². The number of benzene rings is 2. The van der Waals surface area contributed by atoms with E-state index in [-0.39, 0.29) is 5.91 Å². The highest BCUT2D eigenvalue weighted by Crippen LogP contribution is 2.34. The van der Waals surface area contributed by atoms with Crippen molar-refractivity contribution in [2.75, 3.05) is 24.3 Å². The zero-order valence-electron chi connectivity index (χ0n) is 12.4. The Morgan fingerprint density at radius 2 is 1.91 bits per heavy atom. The van der Waals surface area contributed by atoms with Crippen molar-refractivity contribution in [1.29, 1.82) is 0 Å². The Morgan fingerprint density at radius 3 is 2.74 bits per heavy atom. The molecule has 0 aromatic heterocycles. The summed E-state index contributed by atoms with van der Waals surface area (Å²) in [4.78, 5) is 13.0. The first kappa shape index (κ1) is 16.0. The van der Waals surface area contributed by atoms with Crippen molar-refractivity contribution in [3.63, 3.8) is 0 Å². The maximum absolute atomic E-state index is 12.0. The van der Waals surface area contributed by atoms with Crippen molar-refractivity contribution in [3.8, 4) is 11.5 Å². The van der Waals surface area contributed by atoms with Crippen LogP contribution in [-0.4, -0.2) is 24.9 Å². The second-order valence-corrected chi connectivity index (χ2v) is 6.43. The molecule has 23 heavy (non-hydrogen) atoms. The predicted molar refractivity (Wildman–Crippen MR) is 92.9 cm³/mol. The third kappa shape index (κ3) is 4.33. The molecular formula is C17H16ClNO3S. The summed E-state index contributed by atoms with van der Waals surface area (Å²) in [6.07, 6.45) is 0.872. The number of amides is 1. The van der Waals surface area contributed by atoms with E-state index in [9.17, 15) is 4.79 Å². The van der Waals surface area contributed by atoms with Gasteiger partial charge in [-0.3, -0.25) is 4.79 Å². The molecule has 0 atom stereocenters. The van der Waals surface area contributed by atoms with Gasteiger partial charge in [-0.2, -0.15) is 0 Å². The van der Waals surface area contributed by atoms with E-state index in [1.807, 2.05) is 30.3 Å². The Bertz CT molecular complexity index is 708. The van der Waals surface area contributed by atoms with Crippen LogP contribution in [-0.2, 0) is 4.79 Å². The molecule has 0 bridgehead atoms. The van der Waals surface area contributed by atoms with Crippen LogP contribution < -0.4 is 14.8 Å². The molecule has 0 aliphatic carbocycles. The van der Waals surface area contributed by atoms with E-state index in [0.29, 0.717) is 29.7 Å². The summed E-state index contributed by atoms with van der Waals surface area (Å²) in [6.45, 7) is 1.31. The number of carbonyl (C=O) groups excluding carboxylic acids is 1. The number of anilines is 1. The first-order valence-corrected chi connectivity index (χ1v) is 8.65. The van der Waals surface area contributed by atoms with Gasteiger partial charge in [0.15, 0.2) is 11.5 Å². The standard InChI is InChI=1S/C17H16ClNO3S/c18-13-4-1-2-5-14(13)19-17(20)11-23-12-6-7-15-16(10-12)22-9-3-8-21-15/h1-2,4-7,10H,3,8-9,11H2,(H,19,20). The molecule has 1 aliphatic rings. The molecule has 0 saturated heterocycles. The third-order valence-electron chi connectivity index (χ3n) is 3.24. The summed E-state index contributed by atoms with van der Waals surface area (Å²) < 4.78 is 11.2. The fourth-order valence-corrected chi connectivity index (χ4v) is 3.04. The molecule has 3 rings (SSSR count). The van der Waals surface area contributed by atoms with Gasteiger partial charge in [0, 0.05) is 11.3 Å². The average Bonchev–Trinajstić information content (AvgIpc) is 2.80. The number of rotatable bonds is 4. The van der Waals surface area contributed by atoms with Gasteiger partial charge in [0.05, 0.1) is 29.7 Å². The molecule has 2 aromatic carbocycles. The van der Waals surface area contributed by atoms with Crippen LogP contribution in [0.25, 0.3) is 0 Å². The number of ether oxygens (including phenoxy) is 2. The molecule has 1 amide bonds. The van der Waals surface area contributed by atoms with Crippen LogP contribution in [0.1, 0.15) is 6.42 Å². The van der Waals surface area contributed by atoms with E-state index in [0.717, 1.165) is 22.8 Å². The number of halogens is 1. The van der Waals surface area contributed by atoms with E-state index >= 15 is 0 Å². The minimum Gasteiger partial charge on any atom is -0.490 e. The van der Waals surface area contributed by atoms with Crippen molar-refractivity contribution in [2.24, 2.45) is 0 Å². The number of para-hydroxylation sites is 1. The first-order chi connectivity index (χ1) is 11.2. The Kier molecular flexibility index (Phi) is 5.31. The van der Waals surface area contributed by atoms with E-state index in [1.165, 1.54) is 11.8 Å². The largest absolute Gasteiger partial charge is 0.490 e. The minimum absolute atomic E-state index is 0.102. The smallest absolute Gasteiger partial charge is 0.234 e. The van der Waals surface area contributed by atoms with Gasteiger partial charge in [-0.15, -0.1) is 11.8 Å². The van der Waals surface area contributed by atoms with Gasteiger partial charge < -0.3 is 14.8 Å². The summed E-state index contributed by atoms with van der Waals surface area (Å²) >= 11 is 7.47. The van der Waals surface area contributed by atoms with Crippen molar-refractivity contribution in [2.45, 2.75) is 11.3 Å². The van der Waals surface area contributed by atoms with Crippen molar-refractivity contribution in [3.05, 3.63) is 47.5 Å². The van der Waals surface area contributed by atoms with Gasteiger partial charge in [-0.25, -0.2) is 0 Å². The summed E-state index contributed by atoms with van der Waals surface area (Å²) in [5.41, 5.74) is 0.624. The van der Waals surface area contributed by atoms with Crippen molar-refractivity contribution in [1.82, 2.24) is 0 Å². The second kappa shape index (κ2) is 7.62. The maximum Gasteiger partial charge on any atom is 0.234 e. The Labute approximate surface area is 144 Å². The lowest BCUT2D eigenvalue weighted by atomic mass is 10.3. The summed E-state index contributed by atoms with van der Waals surface area (Å²) in [6, 6.07) is 12.9. The van der Waals surface area contributed by atoms with E-state index in [2.05, 4.69) is 5.32 Å². The fraction of sp³-hybridized carbons (Fsp3) is 0.235. The molecule has 0 fully saturated rings. The molecule has 0 saturated carbocycles. The lowest BCUT2D eigenvalue weighted by Crippen LogP contribution is -2.14. The van der Waals surface area contributed by atoms with E-state index < -0.39 is 0 Å². The third-order valence-corrected chi connectivity index (χ3v) is 4.56. The molecule has 2 aromatic rings. The second-order valence-electron chi connectivity index (χ2n) is 4.98. The van der Waals surface area contributed by atoms with E-state index in [4.69, 9.17) is 21.1 Å². The first-order valence-electron chi connectivity index (χ1n) is 7.29. The predicted octanol–water partition coefficient (Wildman–Crippen LogP) is 4.23. The van der Waals surface area contributed by atoms with Crippen LogP contribution in [0.4, 0.5) is 5.69 Å². The summed E-state index contributed by atoms with van der Waals surface area (Å²) in [5.74, 6) is 1.69. The number of thioether (sulfide) groups is 1. The number of fused-ring (bicyclic) bond motifs is 1. The lowest BCUT2D eigenvalue weighted by molar-refractivity contribution is -0.113. The van der Waals surface area contributed by atoms with Crippen LogP contribution in [0, 0.1) is 0 Å². The van der Waals surface area contributed by atoms with Gasteiger partial charge in [0.2, 0.25) is 5.91 Å². The van der Waals surface area contributed by atoms with Crippen LogP contribution in [0.2, 0.25) is 5.02 Å². The molecule has 0 radical (unpaired) electrons. The lowest BCUT2D eigenvalue weighted by Gasteiger charge is -2.10. The van der Waals surface area contributed by atoms with Crippen LogP contribution in [0.3, 0.4) is 0 Å². The molecule has 1 heterocycles. The van der Waals surface area contributed by atoms with Gasteiger partial charge in [0.25, 0.3) is 0 Å². The molecule has 1 N–H and O–H groups in total. The summed E-state index contributed by atoms with van der Waals surface area (Å²) in [7, 11) is 0. The van der Waals surface area contributed by atoms with Crippen molar-refractivity contribution < 1.29 is 14.3 Å². The van der Waals surface area contributed by atoms with Crippen LogP contribution >= 0.6 is 23.4 Å². The van der Waals surface area contributed by atoms with Gasteiger partial charge in [-0.05, 0) is 30.3 Å². The highest BCUT2D eigenvalue weighted by Gasteiger charge is 2.12. The monoisotopic (exact) mass is 349 g/mol. The van der Waals surface area contributed by atoms with Gasteiger partial charge >= 0.3 is 0 Å². The average molecular weight is 350 g/mol. The Morgan fingerprint density at radius 1 is 1.13 bits per heavy atom. The zero-order chi connectivity index (χ0) is 16.1. The molecule has 4 nitrogen and oxygen atoms in total. The molecule has 6 heteroatoms. The number of carbonyl (C=O) groups is 1. The Balaban J connectivity index is 1.59. The van der Waals surface area contributed by atoms with Crippen LogP contribution in [0.5, 0.6) is 11.5 Å². The Hall–Kier alpha value is -1.85. The SMILES string of the molecule is O=C(CSc1ccc2c(c1)OCCCO2)Nc1ccccc1Cl. The van der Waals surface area contributed by atoms with E-state index in [1.54, 1.807) is 12.1 Å². The van der Waals surface area contributed by atoms with Crippen LogP contribution in [0.15, 0.2) is 47.4 Å². The highest BCUT2D eigenvalue weighted by molar-refractivity contribution is 8.00. The number of hydrogen-bond acceptors (Lipinski definition) is 4. The van der Waals surface area contributed by atoms with Crippen molar-refractivity contribution >= 4 is 35.0 Å². The zero-order valence-corrected chi connectivity index (χ0v) is 14.0. The van der Waals surface area contributed by atoms with Gasteiger partial charge in [-0.1, -0.05) is 23.7 Å². The molecule has 120 valence electrons. The molecule has 1 aliphatic heterocycles. The number of hydrogen-bond donors (Lipinski definition) is 1. The fourth-order valence-electron chi connectivity index (χ4n) is 2.13. The minimum atomic E-state index is -0.102. The molecular weight excluding hydrogens is 334 g/mol. The maximum atomic E-state index is 12.0.